The average Bonchev–Trinajstić information content (AvgIpc) is 3.21. The maximum atomic E-state index is 15.7. The first-order valence-corrected chi connectivity index (χ1v) is 12.8. The number of aliphatic hydroxyl groups excluding tert-OH is 2. The number of aliphatic hydroxyl groups is 2. The number of fused-ring (bicyclic) bond motifs is 1. The molecule has 5 N–H and O–H groups in total. The molecule has 1 fully saturated rings. The van der Waals surface area contributed by atoms with Crippen molar-refractivity contribution in [2.75, 3.05) is 13.7 Å². The largest absolute Gasteiger partial charge is 0.494 e. The highest BCUT2D eigenvalue weighted by molar-refractivity contribution is 6.34. The van der Waals surface area contributed by atoms with Gasteiger partial charge in [0.1, 0.15) is 11.9 Å². The van der Waals surface area contributed by atoms with E-state index < -0.39 is 23.4 Å². The molecule has 2 heterocycles. The zero-order valence-electron chi connectivity index (χ0n) is 20.8. The lowest BCUT2D eigenvalue weighted by atomic mass is 9.84. The predicted molar refractivity (Wildman–Crippen MR) is 140 cm³/mol. The topological polar surface area (TPSA) is 127 Å². The number of pyridine rings is 1. The van der Waals surface area contributed by atoms with Gasteiger partial charge in [0.15, 0.2) is 17.2 Å². The van der Waals surface area contributed by atoms with Crippen LogP contribution in [0.3, 0.4) is 0 Å². The van der Waals surface area contributed by atoms with E-state index in [9.17, 15) is 15.0 Å². The first-order chi connectivity index (χ1) is 18.3. The zero-order valence-corrected chi connectivity index (χ0v) is 21.5. The van der Waals surface area contributed by atoms with Gasteiger partial charge >= 0.3 is 0 Å². The number of hydrogen-bond acceptors (Lipinski definition) is 7. The van der Waals surface area contributed by atoms with Crippen LogP contribution in [0.5, 0.6) is 11.5 Å². The van der Waals surface area contributed by atoms with E-state index in [-0.39, 0.29) is 57.5 Å². The van der Waals surface area contributed by atoms with Gasteiger partial charge < -0.3 is 30.7 Å². The van der Waals surface area contributed by atoms with E-state index in [0.29, 0.717) is 18.5 Å². The van der Waals surface area contributed by atoms with Crippen molar-refractivity contribution in [3.8, 4) is 22.6 Å². The van der Waals surface area contributed by atoms with Crippen molar-refractivity contribution in [2.24, 2.45) is 5.73 Å². The van der Waals surface area contributed by atoms with Gasteiger partial charge in [0.05, 0.1) is 24.5 Å². The number of nitrogens with two attached hydrogens (primary N) is 1. The Bertz CT molecular complexity index is 1350. The number of aromatic nitrogens is 1. The van der Waals surface area contributed by atoms with E-state index in [1.54, 1.807) is 30.5 Å². The molecule has 38 heavy (non-hydrogen) atoms. The summed E-state index contributed by atoms with van der Waals surface area (Å²) < 4.78 is 27.3. The summed E-state index contributed by atoms with van der Waals surface area (Å²) in [7, 11) is 1.31. The number of halogens is 2. The van der Waals surface area contributed by atoms with E-state index in [0.717, 1.165) is 12.8 Å². The van der Waals surface area contributed by atoms with Crippen molar-refractivity contribution in [1.29, 1.82) is 0 Å². The summed E-state index contributed by atoms with van der Waals surface area (Å²) in [6.07, 6.45) is 2.87. The molecule has 1 amide bonds. The third kappa shape index (κ3) is 4.49. The van der Waals surface area contributed by atoms with E-state index in [4.69, 9.17) is 26.8 Å². The number of nitrogens with one attached hydrogen (secondary N) is 1. The second kappa shape index (κ2) is 10.5. The Morgan fingerprint density at radius 2 is 1.95 bits per heavy atom. The van der Waals surface area contributed by atoms with Gasteiger partial charge in [0.25, 0.3) is 0 Å². The van der Waals surface area contributed by atoms with Gasteiger partial charge in [-0.05, 0) is 62.1 Å². The lowest BCUT2D eigenvalue weighted by Gasteiger charge is -2.35. The number of hydrogen-bond donors (Lipinski definition) is 4. The number of amides is 1. The number of carbonyl (C=O) groups is 1. The maximum absolute atomic E-state index is 15.7. The lowest BCUT2D eigenvalue weighted by Crippen LogP contribution is -2.49. The van der Waals surface area contributed by atoms with Crippen LogP contribution in [0.2, 0.25) is 5.02 Å². The van der Waals surface area contributed by atoms with E-state index >= 15 is 4.39 Å². The van der Waals surface area contributed by atoms with Crippen LogP contribution in [0, 0.1) is 5.82 Å². The Morgan fingerprint density at radius 3 is 2.61 bits per heavy atom. The van der Waals surface area contributed by atoms with Crippen LogP contribution in [0.25, 0.3) is 11.1 Å². The molecular formula is C28H29ClFN3O5. The second-order valence-corrected chi connectivity index (χ2v) is 10.1. The molecule has 2 atom stereocenters. The van der Waals surface area contributed by atoms with Gasteiger partial charge in [0.2, 0.25) is 5.91 Å². The monoisotopic (exact) mass is 541 g/mol. The maximum Gasteiger partial charge on any atom is 0.249 e. The van der Waals surface area contributed by atoms with Crippen molar-refractivity contribution in [3.63, 3.8) is 0 Å². The summed E-state index contributed by atoms with van der Waals surface area (Å²) in [6, 6.07) is 11.2. The highest BCUT2D eigenvalue weighted by Gasteiger charge is 2.52. The molecule has 1 aliphatic carbocycles. The van der Waals surface area contributed by atoms with Crippen LogP contribution in [-0.2, 0) is 5.60 Å². The van der Waals surface area contributed by atoms with Crippen molar-refractivity contribution < 1.29 is 28.9 Å². The summed E-state index contributed by atoms with van der Waals surface area (Å²) in [5.74, 6) is -1.52. The number of rotatable bonds is 7. The molecule has 1 aromatic heterocycles. The van der Waals surface area contributed by atoms with Crippen LogP contribution >= 0.6 is 11.6 Å². The van der Waals surface area contributed by atoms with Crippen molar-refractivity contribution in [2.45, 2.75) is 49.5 Å². The summed E-state index contributed by atoms with van der Waals surface area (Å²) in [6.45, 7) is 0.181. The van der Waals surface area contributed by atoms with Crippen molar-refractivity contribution in [1.82, 2.24) is 10.3 Å². The molecule has 2 aliphatic rings. The Morgan fingerprint density at radius 1 is 1.18 bits per heavy atom. The molecule has 0 unspecified atom stereocenters. The van der Waals surface area contributed by atoms with Gasteiger partial charge in [0, 0.05) is 40.5 Å². The van der Waals surface area contributed by atoms with Gasteiger partial charge in [-0.1, -0.05) is 17.7 Å². The average molecular weight is 542 g/mol. The minimum atomic E-state index is -1.37. The molecule has 3 aromatic rings. The van der Waals surface area contributed by atoms with Gasteiger partial charge in [-0.3, -0.25) is 9.78 Å². The van der Waals surface area contributed by atoms with Gasteiger partial charge in [-0.25, -0.2) is 4.39 Å². The quantitative estimate of drug-likeness (QED) is 0.358. The first kappa shape index (κ1) is 26.4. The minimum absolute atomic E-state index is 0.0976. The molecule has 1 saturated carbocycles. The molecule has 2 aromatic carbocycles. The van der Waals surface area contributed by atoms with Crippen LogP contribution in [0.15, 0.2) is 48.7 Å². The zero-order chi connectivity index (χ0) is 27.0. The first-order valence-electron chi connectivity index (χ1n) is 12.5. The summed E-state index contributed by atoms with van der Waals surface area (Å²) >= 11 is 6.62. The molecule has 0 bridgehead atoms. The number of primary amides is 1. The minimum Gasteiger partial charge on any atom is -0.494 e. The highest BCUT2D eigenvalue weighted by Crippen LogP contribution is 2.54. The lowest BCUT2D eigenvalue weighted by molar-refractivity contribution is -0.0378. The molecular weight excluding hydrogens is 513 g/mol. The van der Waals surface area contributed by atoms with Gasteiger partial charge in [-0.2, -0.15) is 0 Å². The fraction of sp³-hybridized carbons (Fsp3) is 0.357. The summed E-state index contributed by atoms with van der Waals surface area (Å²) in [5, 5.41) is 25.4. The normalized spacial score (nSPS) is 24.5. The fourth-order valence-corrected chi connectivity index (χ4v) is 5.70. The van der Waals surface area contributed by atoms with Crippen molar-refractivity contribution in [3.05, 3.63) is 76.3 Å². The van der Waals surface area contributed by atoms with Crippen LogP contribution in [-0.4, -0.2) is 46.9 Å². The Labute approximate surface area is 224 Å². The fourth-order valence-electron chi connectivity index (χ4n) is 5.44. The molecule has 8 nitrogen and oxygen atoms in total. The molecule has 200 valence electrons. The Hall–Kier alpha value is -3.24. The Balaban J connectivity index is 1.64. The SMILES string of the molecule is COc1ccc(C(N)=O)c(-c2c(Cl)ccc3c2[C@H](O)[C@@](CN[C@H]2CC[C@H](O)CC2)(c2ccccn2)O3)c1F. The number of nitrogens with zero attached hydrogens (tertiary/aromatic N) is 1. The standard InChI is InChI=1S/C28H29ClFN3O5/c1-37-20-11-9-17(27(31)36)22(25(20)30)23-18(29)10-12-19-24(23)26(35)28(38-19,21-4-2-3-13-32-21)14-33-15-5-7-16(34)8-6-15/h2-4,9-13,15-16,26,33-35H,5-8,14H2,1H3,(H2,31,36)/t15-,16-,26-,28+/m0/s1. The van der Waals surface area contributed by atoms with Crippen LogP contribution in [0.1, 0.15) is 53.4 Å². The summed E-state index contributed by atoms with van der Waals surface area (Å²) in [5.41, 5.74) is 4.73. The van der Waals surface area contributed by atoms with Gasteiger partial charge in [-0.15, -0.1) is 0 Å². The van der Waals surface area contributed by atoms with E-state index in [1.807, 2.05) is 0 Å². The summed E-state index contributed by atoms with van der Waals surface area (Å²) in [4.78, 5) is 16.8. The number of methoxy groups -OCH3 is 1. The second-order valence-electron chi connectivity index (χ2n) is 9.70. The third-order valence-electron chi connectivity index (χ3n) is 7.45. The molecule has 0 saturated heterocycles. The number of ether oxygens (including phenoxy) is 2. The van der Waals surface area contributed by atoms with E-state index in [2.05, 4.69) is 10.3 Å². The Kier molecular flexibility index (Phi) is 7.28. The molecule has 10 heteroatoms. The van der Waals surface area contributed by atoms with Crippen LogP contribution in [0.4, 0.5) is 4.39 Å². The van der Waals surface area contributed by atoms with E-state index in [1.165, 1.54) is 25.3 Å². The van der Waals surface area contributed by atoms with Crippen molar-refractivity contribution >= 4 is 17.5 Å². The van der Waals surface area contributed by atoms with Crippen LogP contribution < -0.4 is 20.5 Å². The predicted octanol–water partition coefficient (Wildman–Crippen LogP) is 3.86. The molecule has 1 aliphatic heterocycles. The molecule has 0 spiro atoms. The number of benzene rings is 2. The third-order valence-corrected chi connectivity index (χ3v) is 7.77. The molecule has 5 rings (SSSR count). The number of carbonyl (C=O) groups excluding carboxylic acids is 1. The molecule has 0 radical (unpaired) electrons. The highest BCUT2D eigenvalue weighted by atomic mass is 35.5. The smallest absolute Gasteiger partial charge is 0.249 e.